The number of nitrogens with one attached hydrogen (secondary N) is 1. The van der Waals surface area contributed by atoms with Crippen LogP contribution < -0.4 is 25.2 Å². The number of benzene rings is 3. The zero-order valence-corrected chi connectivity index (χ0v) is 20.9. The Bertz CT molecular complexity index is 2080. The molecule has 0 unspecified atom stereocenters. The van der Waals surface area contributed by atoms with Crippen molar-refractivity contribution in [2.45, 2.75) is 12.3 Å². The summed E-state index contributed by atoms with van der Waals surface area (Å²) in [7, 11) is 0. The van der Waals surface area contributed by atoms with E-state index in [1.54, 1.807) is 18.2 Å². The Hall–Kier alpha value is -5.65. The molecule has 2 aromatic heterocycles. The van der Waals surface area contributed by atoms with Gasteiger partial charge in [-0.15, -0.1) is 0 Å². The van der Waals surface area contributed by atoms with Crippen LogP contribution >= 0.6 is 0 Å². The fraction of sp³-hybridized carbons (Fsp3) is 0.138. The second kappa shape index (κ2) is 8.68. The van der Waals surface area contributed by atoms with Crippen LogP contribution in [-0.2, 0) is 4.79 Å². The first-order valence-electron chi connectivity index (χ1n) is 12.4. The van der Waals surface area contributed by atoms with Crippen LogP contribution in [0.3, 0.4) is 0 Å². The van der Waals surface area contributed by atoms with Gasteiger partial charge in [-0.2, -0.15) is 0 Å². The Kier molecular flexibility index (Phi) is 5.16. The predicted octanol–water partition coefficient (Wildman–Crippen LogP) is 3.34. The number of phenolic OH excluding ortho intramolecular Hbond substituents is 3. The van der Waals surface area contributed by atoms with Crippen LogP contribution in [0, 0.1) is 0 Å². The number of rotatable bonds is 2. The molecule has 0 radical (unpaired) electrons. The molecule has 1 atom stereocenters. The minimum atomic E-state index is -0.999. The lowest BCUT2D eigenvalue weighted by molar-refractivity contribution is -0.135. The third-order valence-corrected chi connectivity index (χ3v) is 7.21. The normalized spacial score (nSPS) is 16.0. The maximum atomic E-state index is 13.4. The number of H-pyrrole nitrogens is 1. The number of carbonyl (C=O) groups is 1. The zero-order chi connectivity index (χ0) is 28.6. The first-order valence-corrected chi connectivity index (χ1v) is 12.4. The third kappa shape index (κ3) is 3.72. The van der Waals surface area contributed by atoms with E-state index in [0.717, 1.165) is 18.2 Å². The molecule has 41 heavy (non-hydrogen) atoms. The smallest absolute Gasteiger partial charge is 0.312 e. The van der Waals surface area contributed by atoms with Crippen molar-refractivity contribution in [1.29, 1.82) is 0 Å². The van der Waals surface area contributed by atoms with Crippen LogP contribution in [0.15, 0.2) is 56.5 Å². The molecule has 2 aliphatic rings. The summed E-state index contributed by atoms with van der Waals surface area (Å²) in [5.41, 5.74) is -0.965. The van der Waals surface area contributed by atoms with Crippen molar-refractivity contribution in [2.24, 2.45) is 0 Å². The minimum absolute atomic E-state index is 0.0359. The molecule has 0 bridgehead atoms. The number of fused-ring (bicyclic) bond motifs is 5. The quantitative estimate of drug-likeness (QED) is 0.122. The van der Waals surface area contributed by atoms with Crippen LogP contribution in [0.4, 0.5) is 0 Å². The highest BCUT2D eigenvalue weighted by Gasteiger charge is 2.36. The van der Waals surface area contributed by atoms with Gasteiger partial charge in [0.25, 0.3) is 5.56 Å². The fourth-order valence-electron chi connectivity index (χ4n) is 5.33. The van der Waals surface area contributed by atoms with E-state index in [0.29, 0.717) is 35.6 Å². The monoisotopic (exact) mass is 557 g/mol. The zero-order valence-electron chi connectivity index (χ0n) is 20.9. The summed E-state index contributed by atoms with van der Waals surface area (Å²) in [6.07, 6.45) is -0.300. The molecule has 12 nitrogen and oxygen atoms in total. The summed E-state index contributed by atoms with van der Waals surface area (Å²) in [5, 5.41) is 41.3. The number of aromatic hydroxyl groups is 4. The van der Waals surface area contributed by atoms with Gasteiger partial charge < -0.3 is 44.0 Å². The van der Waals surface area contributed by atoms with Gasteiger partial charge in [-0.25, -0.2) is 0 Å². The molecular formula is C29H19NO11. The maximum absolute atomic E-state index is 13.4. The van der Waals surface area contributed by atoms with Gasteiger partial charge in [-0.3, -0.25) is 14.4 Å². The van der Waals surface area contributed by atoms with Crippen LogP contribution in [0.5, 0.6) is 40.2 Å². The Balaban J connectivity index is 1.50. The van der Waals surface area contributed by atoms with Crippen molar-refractivity contribution in [3.05, 3.63) is 74.2 Å². The highest BCUT2D eigenvalue weighted by atomic mass is 16.6. The third-order valence-electron chi connectivity index (χ3n) is 7.21. The lowest BCUT2D eigenvalue weighted by Gasteiger charge is -2.26. The second-order valence-corrected chi connectivity index (χ2v) is 9.69. The first kappa shape index (κ1) is 24.4. The number of hydrogen-bond donors (Lipinski definition) is 5. The molecule has 4 heterocycles. The van der Waals surface area contributed by atoms with Crippen LogP contribution in [0.25, 0.3) is 33.2 Å². The molecule has 206 valence electrons. The molecular weight excluding hydrogens is 538 g/mol. The number of pyridine rings is 1. The van der Waals surface area contributed by atoms with Gasteiger partial charge >= 0.3 is 5.97 Å². The highest BCUT2D eigenvalue weighted by Crippen LogP contribution is 2.47. The Morgan fingerprint density at radius 3 is 2.32 bits per heavy atom. The van der Waals surface area contributed by atoms with E-state index >= 15 is 0 Å². The van der Waals surface area contributed by atoms with E-state index < -0.39 is 51.3 Å². The molecule has 0 amide bonds. The fourth-order valence-corrected chi connectivity index (χ4v) is 5.33. The second-order valence-electron chi connectivity index (χ2n) is 9.69. The number of phenols is 3. The number of aromatic amines is 1. The van der Waals surface area contributed by atoms with Gasteiger partial charge in [0.2, 0.25) is 11.2 Å². The molecule has 5 N–H and O–H groups in total. The Morgan fingerprint density at radius 2 is 1.56 bits per heavy atom. The molecule has 0 aliphatic carbocycles. The van der Waals surface area contributed by atoms with Gasteiger partial charge in [-0.1, -0.05) is 0 Å². The molecule has 0 spiro atoms. The molecule has 3 aromatic carbocycles. The number of aromatic nitrogens is 1. The average Bonchev–Trinajstić information content (AvgIpc) is 2.94. The highest BCUT2D eigenvalue weighted by molar-refractivity contribution is 5.94. The molecule has 12 heteroatoms. The summed E-state index contributed by atoms with van der Waals surface area (Å²) >= 11 is 0. The molecule has 0 fully saturated rings. The first-order chi connectivity index (χ1) is 19.7. The summed E-state index contributed by atoms with van der Waals surface area (Å²) in [5.74, 6) is -3.66. The largest absolute Gasteiger partial charge is 0.507 e. The predicted molar refractivity (Wildman–Crippen MR) is 142 cm³/mol. The van der Waals surface area contributed by atoms with Crippen molar-refractivity contribution in [1.82, 2.24) is 4.98 Å². The number of carbonyl (C=O) groups excluding carboxylic acids is 1. The summed E-state index contributed by atoms with van der Waals surface area (Å²) in [6, 6.07) is 9.51. The number of hydrogen-bond acceptors (Lipinski definition) is 11. The molecule has 7 rings (SSSR count). The summed E-state index contributed by atoms with van der Waals surface area (Å²) in [6.45, 7) is 0.729. The van der Waals surface area contributed by atoms with Gasteiger partial charge in [0.15, 0.2) is 28.8 Å². The molecule has 5 aromatic rings. The van der Waals surface area contributed by atoms with Crippen molar-refractivity contribution in [3.8, 4) is 51.6 Å². The average molecular weight is 557 g/mol. The standard InChI is InChI=1S/C29H19NO11/c31-16-2-1-11(6-17(16)32)27-26(36)25(35)24-18(33)10-21-23(28(24)41-27)13(8-22(34)40-21)14-5-12-7-19-20(39-4-3-38-19)9-15(12)30-29(14)37/h1-2,5-7,9-10,13,31-33,36H,3-4,8H2,(H,30,37)/t13-/m1/s1. The van der Waals surface area contributed by atoms with E-state index in [2.05, 4.69) is 4.98 Å². The molecule has 0 saturated heterocycles. The van der Waals surface area contributed by atoms with E-state index in [4.69, 9.17) is 18.6 Å². The lowest BCUT2D eigenvalue weighted by atomic mass is 9.85. The van der Waals surface area contributed by atoms with E-state index in [1.165, 1.54) is 6.07 Å². The molecule has 0 saturated carbocycles. The Morgan fingerprint density at radius 1 is 0.805 bits per heavy atom. The summed E-state index contributed by atoms with van der Waals surface area (Å²) in [4.78, 5) is 42.1. The number of esters is 1. The van der Waals surface area contributed by atoms with E-state index in [9.17, 15) is 34.8 Å². The van der Waals surface area contributed by atoms with Gasteiger partial charge in [0.1, 0.15) is 35.7 Å². The van der Waals surface area contributed by atoms with Gasteiger partial charge in [0.05, 0.1) is 11.9 Å². The van der Waals surface area contributed by atoms with Crippen molar-refractivity contribution < 1.29 is 43.8 Å². The van der Waals surface area contributed by atoms with E-state index in [1.807, 2.05) is 0 Å². The van der Waals surface area contributed by atoms with Crippen molar-refractivity contribution in [3.63, 3.8) is 0 Å². The van der Waals surface area contributed by atoms with Crippen LogP contribution in [0.2, 0.25) is 0 Å². The molecule has 2 aliphatic heterocycles. The Labute approximate surface area is 228 Å². The maximum Gasteiger partial charge on any atom is 0.312 e. The van der Waals surface area contributed by atoms with Gasteiger partial charge in [0, 0.05) is 40.1 Å². The summed E-state index contributed by atoms with van der Waals surface area (Å²) < 4.78 is 22.6. The van der Waals surface area contributed by atoms with Gasteiger partial charge in [-0.05, 0) is 30.3 Å². The lowest BCUT2D eigenvalue weighted by Crippen LogP contribution is -2.26. The van der Waals surface area contributed by atoms with Crippen molar-refractivity contribution >= 4 is 27.8 Å². The van der Waals surface area contributed by atoms with Crippen molar-refractivity contribution in [2.75, 3.05) is 13.2 Å². The topological polar surface area (TPSA) is 189 Å². The minimum Gasteiger partial charge on any atom is -0.507 e. The van der Waals surface area contributed by atoms with E-state index in [-0.39, 0.29) is 40.2 Å². The van der Waals surface area contributed by atoms with Crippen LogP contribution in [0.1, 0.15) is 23.5 Å². The number of ether oxygens (including phenoxy) is 3. The SMILES string of the molecule is O=C1C[C@H](c2cc3cc4c(cc3[nH]c2=O)OCCO4)c2c(cc(O)c3c(=O)c(O)c(-c4ccc(O)c(O)c4)oc23)O1. The van der Waals surface area contributed by atoms with Crippen LogP contribution in [-0.4, -0.2) is 44.6 Å².